The normalized spacial score (nSPS) is 13.9. The van der Waals surface area contributed by atoms with Crippen LogP contribution < -0.4 is 10.6 Å². The summed E-state index contributed by atoms with van der Waals surface area (Å²) in [7, 11) is 0. The molecule has 1 heterocycles. The lowest BCUT2D eigenvalue weighted by atomic mass is 9.88. The Balaban J connectivity index is 1.34. The molecule has 38 heavy (non-hydrogen) atoms. The Labute approximate surface area is 228 Å². The second-order valence-electron chi connectivity index (χ2n) is 10.1. The van der Waals surface area contributed by atoms with E-state index in [2.05, 4.69) is 15.6 Å². The first-order valence-electron chi connectivity index (χ1n) is 13.3. The SMILES string of the molecule is CC(C)N(CC(=O)Nc1nc(CC(=O)NC(c2ccccc2)c2ccccc2)cs1)C(=O)C1CCCCC1. The van der Waals surface area contributed by atoms with E-state index in [1.807, 2.05) is 74.5 Å². The van der Waals surface area contributed by atoms with Gasteiger partial charge in [-0.1, -0.05) is 79.9 Å². The molecular weight excluding hydrogens is 496 g/mol. The molecule has 1 aliphatic carbocycles. The second-order valence-corrected chi connectivity index (χ2v) is 10.9. The Morgan fingerprint density at radius 3 is 2.11 bits per heavy atom. The molecule has 2 N–H and O–H groups in total. The molecule has 0 saturated heterocycles. The molecule has 0 atom stereocenters. The summed E-state index contributed by atoms with van der Waals surface area (Å²) in [6.07, 6.45) is 5.22. The predicted molar refractivity (Wildman–Crippen MR) is 151 cm³/mol. The van der Waals surface area contributed by atoms with Crippen molar-refractivity contribution < 1.29 is 14.4 Å². The number of amides is 3. The molecule has 1 fully saturated rings. The number of carbonyl (C=O) groups is 3. The third kappa shape index (κ3) is 7.51. The van der Waals surface area contributed by atoms with Crippen molar-refractivity contribution in [3.63, 3.8) is 0 Å². The van der Waals surface area contributed by atoms with E-state index in [0.717, 1.165) is 36.8 Å². The smallest absolute Gasteiger partial charge is 0.245 e. The molecule has 3 aromatic rings. The molecule has 1 aliphatic rings. The van der Waals surface area contributed by atoms with Gasteiger partial charge < -0.3 is 15.5 Å². The maximum Gasteiger partial charge on any atom is 0.245 e. The molecule has 1 saturated carbocycles. The van der Waals surface area contributed by atoms with Crippen molar-refractivity contribution in [2.45, 2.75) is 64.5 Å². The zero-order chi connectivity index (χ0) is 26.9. The van der Waals surface area contributed by atoms with E-state index in [1.54, 1.807) is 10.3 Å². The van der Waals surface area contributed by atoms with Crippen LogP contribution in [0.15, 0.2) is 66.0 Å². The fourth-order valence-corrected chi connectivity index (χ4v) is 5.61. The monoisotopic (exact) mass is 532 g/mol. The summed E-state index contributed by atoms with van der Waals surface area (Å²) < 4.78 is 0. The lowest BCUT2D eigenvalue weighted by molar-refractivity contribution is -0.141. The van der Waals surface area contributed by atoms with Crippen LogP contribution in [0.1, 0.15) is 68.8 Å². The van der Waals surface area contributed by atoms with Gasteiger partial charge in [-0.2, -0.15) is 0 Å². The maximum absolute atomic E-state index is 13.0. The molecule has 200 valence electrons. The number of thiazole rings is 1. The van der Waals surface area contributed by atoms with E-state index in [1.165, 1.54) is 17.8 Å². The van der Waals surface area contributed by atoms with E-state index >= 15 is 0 Å². The Morgan fingerprint density at radius 2 is 1.53 bits per heavy atom. The minimum absolute atomic E-state index is 0.00176. The van der Waals surface area contributed by atoms with Crippen molar-refractivity contribution in [1.82, 2.24) is 15.2 Å². The molecule has 4 rings (SSSR count). The molecule has 0 bridgehead atoms. The highest BCUT2D eigenvalue weighted by atomic mass is 32.1. The summed E-state index contributed by atoms with van der Waals surface area (Å²) in [4.78, 5) is 44.9. The number of carbonyl (C=O) groups excluding carboxylic acids is 3. The average molecular weight is 533 g/mol. The Bertz CT molecular complexity index is 1170. The summed E-state index contributed by atoms with van der Waals surface area (Å²) in [6.45, 7) is 3.87. The largest absolute Gasteiger partial charge is 0.345 e. The van der Waals surface area contributed by atoms with Crippen molar-refractivity contribution >= 4 is 34.2 Å². The minimum Gasteiger partial charge on any atom is -0.345 e. The summed E-state index contributed by atoms with van der Waals surface area (Å²) >= 11 is 1.28. The lowest BCUT2D eigenvalue weighted by Gasteiger charge is -2.31. The number of rotatable bonds is 10. The molecule has 0 radical (unpaired) electrons. The number of benzene rings is 2. The Kier molecular flexibility index (Phi) is 9.65. The third-order valence-electron chi connectivity index (χ3n) is 6.89. The van der Waals surface area contributed by atoms with E-state index in [9.17, 15) is 14.4 Å². The van der Waals surface area contributed by atoms with Crippen LogP contribution in [-0.2, 0) is 20.8 Å². The molecule has 7 nitrogen and oxygen atoms in total. The van der Waals surface area contributed by atoms with Gasteiger partial charge in [0.05, 0.1) is 18.2 Å². The van der Waals surface area contributed by atoms with E-state index in [0.29, 0.717) is 10.8 Å². The van der Waals surface area contributed by atoms with Crippen LogP contribution in [0.3, 0.4) is 0 Å². The number of anilines is 1. The highest BCUT2D eigenvalue weighted by Crippen LogP contribution is 2.26. The number of hydrogen-bond acceptors (Lipinski definition) is 5. The maximum atomic E-state index is 13.0. The van der Waals surface area contributed by atoms with Crippen LogP contribution in [0.5, 0.6) is 0 Å². The molecule has 2 aromatic carbocycles. The Morgan fingerprint density at radius 1 is 0.921 bits per heavy atom. The van der Waals surface area contributed by atoms with Crippen LogP contribution in [0.25, 0.3) is 0 Å². The molecule has 8 heteroatoms. The molecule has 3 amide bonds. The predicted octanol–water partition coefficient (Wildman–Crippen LogP) is 5.35. The van der Waals surface area contributed by atoms with E-state index in [4.69, 9.17) is 0 Å². The molecular formula is C30H36N4O3S. The van der Waals surface area contributed by atoms with Gasteiger partial charge in [0.2, 0.25) is 17.7 Å². The molecule has 0 unspecified atom stereocenters. The first-order valence-corrected chi connectivity index (χ1v) is 14.2. The van der Waals surface area contributed by atoms with Crippen molar-refractivity contribution in [3.05, 3.63) is 82.9 Å². The highest BCUT2D eigenvalue weighted by Gasteiger charge is 2.29. The van der Waals surface area contributed by atoms with E-state index in [-0.39, 0.29) is 48.7 Å². The fraction of sp³-hybridized carbons (Fsp3) is 0.400. The second kappa shape index (κ2) is 13.3. The van der Waals surface area contributed by atoms with Crippen molar-refractivity contribution in [2.24, 2.45) is 5.92 Å². The standard InChI is InChI=1S/C30H36N4O3S/c1-21(2)34(29(37)24-16-10-5-11-17-24)19-27(36)33-30-31-25(20-38-30)18-26(35)32-28(22-12-6-3-7-13-22)23-14-8-4-9-15-23/h3-4,6-9,12-15,20-21,24,28H,5,10-11,16-19H2,1-2H3,(H,32,35)(H,31,33,36). The van der Waals surface area contributed by atoms with Gasteiger partial charge in [-0.05, 0) is 37.8 Å². The van der Waals surface area contributed by atoms with Gasteiger partial charge in [0, 0.05) is 17.3 Å². The fourth-order valence-electron chi connectivity index (χ4n) is 4.88. The van der Waals surface area contributed by atoms with Crippen LogP contribution >= 0.6 is 11.3 Å². The Hall–Kier alpha value is -3.52. The van der Waals surface area contributed by atoms with Crippen LogP contribution in [-0.4, -0.2) is 40.2 Å². The zero-order valence-electron chi connectivity index (χ0n) is 22.1. The summed E-state index contributed by atoms with van der Waals surface area (Å²) in [6, 6.07) is 19.4. The van der Waals surface area contributed by atoms with E-state index < -0.39 is 0 Å². The third-order valence-corrected chi connectivity index (χ3v) is 7.69. The molecule has 0 aliphatic heterocycles. The van der Waals surface area contributed by atoms with Crippen molar-refractivity contribution in [2.75, 3.05) is 11.9 Å². The average Bonchev–Trinajstić information content (AvgIpc) is 3.37. The van der Waals surface area contributed by atoms with Crippen LogP contribution in [0.2, 0.25) is 0 Å². The number of nitrogens with zero attached hydrogens (tertiary/aromatic N) is 2. The summed E-state index contributed by atoms with van der Waals surface area (Å²) in [5, 5.41) is 8.14. The van der Waals surface area contributed by atoms with Crippen molar-refractivity contribution in [3.8, 4) is 0 Å². The molecule has 0 spiro atoms. The summed E-state index contributed by atoms with van der Waals surface area (Å²) in [5.74, 6) is -0.353. The van der Waals surface area contributed by atoms with Gasteiger partial charge in [0.25, 0.3) is 0 Å². The van der Waals surface area contributed by atoms with Gasteiger partial charge in [-0.15, -0.1) is 11.3 Å². The highest BCUT2D eigenvalue weighted by molar-refractivity contribution is 7.13. The van der Waals surface area contributed by atoms with Crippen LogP contribution in [0.4, 0.5) is 5.13 Å². The lowest BCUT2D eigenvalue weighted by Crippen LogP contribution is -2.45. The van der Waals surface area contributed by atoms with Crippen molar-refractivity contribution in [1.29, 1.82) is 0 Å². The van der Waals surface area contributed by atoms with Gasteiger partial charge in [-0.3, -0.25) is 14.4 Å². The number of hydrogen-bond donors (Lipinski definition) is 2. The topological polar surface area (TPSA) is 91.4 Å². The van der Waals surface area contributed by atoms with Gasteiger partial charge in [0.15, 0.2) is 5.13 Å². The van der Waals surface area contributed by atoms with Gasteiger partial charge in [-0.25, -0.2) is 4.98 Å². The zero-order valence-corrected chi connectivity index (χ0v) is 22.9. The molecule has 1 aromatic heterocycles. The summed E-state index contributed by atoms with van der Waals surface area (Å²) in [5.41, 5.74) is 2.58. The first kappa shape index (κ1) is 27.5. The quantitative estimate of drug-likeness (QED) is 0.368. The van der Waals surface area contributed by atoms with Gasteiger partial charge >= 0.3 is 0 Å². The first-order chi connectivity index (χ1) is 18.4. The van der Waals surface area contributed by atoms with Gasteiger partial charge in [0.1, 0.15) is 6.54 Å². The minimum atomic E-state index is -0.276. The number of nitrogens with one attached hydrogen (secondary N) is 2. The van der Waals surface area contributed by atoms with Crippen LogP contribution in [0, 0.1) is 5.92 Å². The number of aromatic nitrogens is 1.